The molecule has 2 aromatic heterocycles. The van der Waals surface area contributed by atoms with Gasteiger partial charge in [0, 0.05) is 19.4 Å². The maximum Gasteiger partial charge on any atom is 0.419 e. The average Bonchev–Trinajstić information content (AvgIpc) is 3.01. The van der Waals surface area contributed by atoms with Crippen molar-refractivity contribution in [2.24, 2.45) is 7.05 Å². The van der Waals surface area contributed by atoms with Gasteiger partial charge in [-0.2, -0.15) is 5.26 Å². The fourth-order valence-corrected chi connectivity index (χ4v) is 2.19. The Kier molecular flexibility index (Phi) is 2.50. The largest absolute Gasteiger partial charge is 0.419 e. The van der Waals surface area contributed by atoms with Crippen molar-refractivity contribution in [2.45, 2.75) is 5.92 Å². The van der Waals surface area contributed by atoms with E-state index in [-0.39, 0.29) is 5.92 Å². The molecule has 5 heteroatoms. The van der Waals surface area contributed by atoms with Gasteiger partial charge in [-0.15, -0.1) is 0 Å². The van der Waals surface area contributed by atoms with Crippen molar-refractivity contribution in [3.05, 3.63) is 58.3 Å². The monoisotopic (exact) mass is 253 g/mol. The van der Waals surface area contributed by atoms with Crippen molar-refractivity contribution in [3.8, 4) is 6.07 Å². The number of aryl methyl sites for hydroxylation is 1. The van der Waals surface area contributed by atoms with E-state index >= 15 is 0 Å². The normalized spacial score (nSPS) is 12.4. The molecule has 1 unspecified atom stereocenters. The Balaban J connectivity index is 2.16. The van der Waals surface area contributed by atoms with Crippen molar-refractivity contribution < 1.29 is 4.42 Å². The number of H-pyrrole nitrogens is 1. The van der Waals surface area contributed by atoms with E-state index in [4.69, 9.17) is 4.42 Å². The molecule has 0 saturated carbocycles. The molecular formula is C14H11N3O2. The van der Waals surface area contributed by atoms with Crippen LogP contribution < -0.4 is 5.76 Å². The SMILES string of the molecule is Cn1c(=O)oc2cc(C(C#N)c3cc[nH]c3)ccc21. The highest BCUT2D eigenvalue weighted by molar-refractivity contribution is 5.74. The van der Waals surface area contributed by atoms with Crippen LogP contribution in [0, 0.1) is 11.3 Å². The fourth-order valence-electron chi connectivity index (χ4n) is 2.19. The van der Waals surface area contributed by atoms with Crippen molar-refractivity contribution in [1.29, 1.82) is 5.26 Å². The molecule has 0 fully saturated rings. The molecule has 1 aromatic carbocycles. The number of nitriles is 1. The first kappa shape index (κ1) is 11.4. The molecule has 0 aliphatic rings. The maximum absolute atomic E-state index is 11.4. The Hall–Kier alpha value is -2.74. The maximum atomic E-state index is 11.4. The number of nitrogens with one attached hydrogen (secondary N) is 1. The predicted octanol–water partition coefficient (Wildman–Crippen LogP) is 2.12. The first-order valence-corrected chi connectivity index (χ1v) is 5.82. The summed E-state index contributed by atoms with van der Waals surface area (Å²) in [4.78, 5) is 14.4. The summed E-state index contributed by atoms with van der Waals surface area (Å²) in [5.41, 5.74) is 2.92. The highest BCUT2D eigenvalue weighted by atomic mass is 16.4. The number of nitrogens with zero attached hydrogens (tertiary/aromatic N) is 2. The Morgan fingerprint density at radius 2 is 2.21 bits per heavy atom. The van der Waals surface area contributed by atoms with Gasteiger partial charge < -0.3 is 9.40 Å². The highest BCUT2D eigenvalue weighted by Crippen LogP contribution is 2.26. The van der Waals surface area contributed by atoms with Crippen LogP contribution in [0.1, 0.15) is 17.0 Å². The standard InChI is InChI=1S/C14H11N3O2/c1-17-12-3-2-9(6-13(12)19-14(17)18)11(7-15)10-4-5-16-8-10/h2-6,8,11,16H,1H3. The van der Waals surface area contributed by atoms with Crippen LogP contribution in [0.15, 0.2) is 45.9 Å². The van der Waals surface area contributed by atoms with Gasteiger partial charge >= 0.3 is 5.76 Å². The number of hydrogen-bond acceptors (Lipinski definition) is 3. The number of hydrogen-bond donors (Lipinski definition) is 1. The van der Waals surface area contributed by atoms with E-state index in [9.17, 15) is 10.1 Å². The number of aromatic nitrogens is 2. The molecule has 5 nitrogen and oxygen atoms in total. The summed E-state index contributed by atoms with van der Waals surface area (Å²) in [5, 5.41) is 9.32. The number of aromatic amines is 1. The number of fused-ring (bicyclic) bond motifs is 1. The van der Waals surface area contributed by atoms with E-state index in [1.807, 2.05) is 12.1 Å². The zero-order valence-electron chi connectivity index (χ0n) is 10.3. The van der Waals surface area contributed by atoms with E-state index in [2.05, 4.69) is 11.1 Å². The van der Waals surface area contributed by atoms with E-state index < -0.39 is 5.76 Å². The first-order valence-electron chi connectivity index (χ1n) is 5.82. The lowest BCUT2D eigenvalue weighted by Gasteiger charge is -2.07. The Morgan fingerprint density at radius 3 is 2.89 bits per heavy atom. The van der Waals surface area contributed by atoms with Gasteiger partial charge in [0.15, 0.2) is 5.58 Å². The summed E-state index contributed by atoms with van der Waals surface area (Å²) in [6, 6.07) is 9.51. The second-order valence-corrected chi connectivity index (χ2v) is 4.36. The van der Waals surface area contributed by atoms with Crippen LogP contribution in [-0.4, -0.2) is 9.55 Å². The van der Waals surface area contributed by atoms with Gasteiger partial charge in [0.25, 0.3) is 0 Å². The third-order valence-corrected chi connectivity index (χ3v) is 3.23. The Bertz CT molecular complexity index is 819. The molecule has 1 atom stereocenters. The van der Waals surface area contributed by atoms with Crippen LogP contribution in [0.3, 0.4) is 0 Å². The lowest BCUT2D eigenvalue weighted by Crippen LogP contribution is -2.08. The second kappa shape index (κ2) is 4.18. The van der Waals surface area contributed by atoms with Crippen LogP contribution >= 0.6 is 0 Å². The first-order chi connectivity index (χ1) is 9.20. The summed E-state index contributed by atoms with van der Waals surface area (Å²) in [6.45, 7) is 0. The highest BCUT2D eigenvalue weighted by Gasteiger charge is 2.16. The summed E-state index contributed by atoms with van der Waals surface area (Å²) >= 11 is 0. The average molecular weight is 253 g/mol. The van der Waals surface area contributed by atoms with Gasteiger partial charge in [-0.1, -0.05) is 6.07 Å². The van der Waals surface area contributed by atoms with Gasteiger partial charge in [0.1, 0.15) is 0 Å². The fraction of sp³-hybridized carbons (Fsp3) is 0.143. The van der Waals surface area contributed by atoms with Gasteiger partial charge in [0.2, 0.25) is 0 Å². The van der Waals surface area contributed by atoms with Crippen LogP contribution in [0.25, 0.3) is 11.1 Å². The zero-order valence-corrected chi connectivity index (χ0v) is 10.3. The summed E-state index contributed by atoms with van der Waals surface area (Å²) in [6.07, 6.45) is 3.57. The van der Waals surface area contributed by atoms with Crippen LogP contribution in [0.2, 0.25) is 0 Å². The van der Waals surface area contributed by atoms with E-state index in [1.54, 1.807) is 31.6 Å². The molecule has 2 heterocycles. The van der Waals surface area contributed by atoms with Crippen molar-refractivity contribution in [1.82, 2.24) is 9.55 Å². The summed E-state index contributed by atoms with van der Waals surface area (Å²) in [7, 11) is 1.65. The predicted molar refractivity (Wildman–Crippen MR) is 69.7 cm³/mol. The third kappa shape index (κ3) is 1.74. The number of oxazole rings is 1. The zero-order chi connectivity index (χ0) is 13.4. The lowest BCUT2D eigenvalue weighted by molar-refractivity contribution is 0.528. The Morgan fingerprint density at radius 1 is 1.37 bits per heavy atom. The van der Waals surface area contributed by atoms with Gasteiger partial charge in [-0.3, -0.25) is 4.57 Å². The van der Waals surface area contributed by atoms with Gasteiger partial charge in [0.05, 0.1) is 17.5 Å². The molecular weight excluding hydrogens is 242 g/mol. The number of benzene rings is 1. The molecule has 3 aromatic rings. The van der Waals surface area contributed by atoms with E-state index in [0.717, 1.165) is 16.6 Å². The smallest absolute Gasteiger partial charge is 0.408 e. The molecule has 19 heavy (non-hydrogen) atoms. The van der Waals surface area contributed by atoms with Crippen molar-refractivity contribution >= 4 is 11.1 Å². The topological polar surface area (TPSA) is 74.7 Å². The van der Waals surface area contributed by atoms with Gasteiger partial charge in [-0.05, 0) is 29.3 Å². The third-order valence-electron chi connectivity index (χ3n) is 3.23. The molecule has 0 spiro atoms. The van der Waals surface area contributed by atoms with Crippen LogP contribution in [0.5, 0.6) is 0 Å². The lowest BCUT2D eigenvalue weighted by atomic mass is 9.94. The molecule has 0 aliphatic carbocycles. The molecule has 0 aliphatic heterocycles. The summed E-state index contributed by atoms with van der Waals surface area (Å²) in [5.74, 6) is -0.775. The summed E-state index contributed by atoms with van der Waals surface area (Å²) < 4.78 is 6.58. The minimum Gasteiger partial charge on any atom is -0.408 e. The molecule has 3 rings (SSSR count). The van der Waals surface area contributed by atoms with E-state index in [1.165, 1.54) is 4.57 Å². The minimum atomic E-state index is -0.401. The second-order valence-electron chi connectivity index (χ2n) is 4.36. The van der Waals surface area contributed by atoms with E-state index in [0.29, 0.717) is 5.58 Å². The molecule has 1 N–H and O–H groups in total. The molecule has 0 amide bonds. The molecule has 0 radical (unpaired) electrons. The molecule has 0 bridgehead atoms. The van der Waals surface area contributed by atoms with Crippen LogP contribution in [-0.2, 0) is 7.05 Å². The molecule has 94 valence electrons. The van der Waals surface area contributed by atoms with Crippen molar-refractivity contribution in [3.63, 3.8) is 0 Å². The molecule has 0 saturated heterocycles. The van der Waals surface area contributed by atoms with Gasteiger partial charge in [-0.25, -0.2) is 4.79 Å². The van der Waals surface area contributed by atoms with Crippen molar-refractivity contribution in [2.75, 3.05) is 0 Å². The quantitative estimate of drug-likeness (QED) is 0.760. The Labute approximate surface area is 108 Å². The number of rotatable bonds is 2. The minimum absolute atomic E-state index is 0.374. The van der Waals surface area contributed by atoms with Crippen LogP contribution in [0.4, 0.5) is 0 Å².